The van der Waals surface area contributed by atoms with E-state index in [0.717, 1.165) is 18.5 Å². The second-order valence-electron chi connectivity index (χ2n) is 5.40. The molecule has 21 heavy (non-hydrogen) atoms. The molecule has 6 heteroatoms. The molecule has 0 aromatic heterocycles. The van der Waals surface area contributed by atoms with Gasteiger partial charge in [0.25, 0.3) is 0 Å². The first kappa shape index (κ1) is 15.8. The number of anilines is 1. The highest BCUT2D eigenvalue weighted by molar-refractivity contribution is 7.91. The molecule has 0 aliphatic carbocycles. The van der Waals surface area contributed by atoms with Gasteiger partial charge in [-0.1, -0.05) is 31.5 Å². The molecule has 0 radical (unpaired) electrons. The van der Waals surface area contributed by atoms with E-state index in [0.29, 0.717) is 13.0 Å². The van der Waals surface area contributed by atoms with Gasteiger partial charge in [0.15, 0.2) is 9.84 Å². The van der Waals surface area contributed by atoms with E-state index in [1.54, 1.807) is 4.90 Å². The summed E-state index contributed by atoms with van der Waals surface area (Å²) < 4.78 is 23.3. The minimum absolute atomic E-state index is 0.0823. The Morgan fingerprint density at radius 1 is 1.33 bits per heavy atom. The van der Waals surface area contributed by atoms with Crippen molar-refractivity contribution in [1.82, 2.24) is 4.90 Å². The lowest BCUT2D eigenvalue weighted by molar-refractivity contribution is 0.192. The first-order valence-electron chi connectivity index (χ1n) is 7.35. The van der Waals surface area contributed by atoms with Crippen LogP contribution in [0.3, 0.4) is 0 Å². The molecular formula is C15H22N2O3S. The van der Waals surface area contributed by atoms with Gasteiger partial charge in [0.05, 0.1) is 11.5 Å². The molecule has 0 saturated carbocycles. The number of rotatable bonds is 5. The SMILES string of the molecule is CCCCN(C(=O)Nc1ccccc1)[C@@H]1CCS(=O)(=O)C1. The maximum absolute atomic E-state index is 12.4. The predicted molar refractivity (Wildman–Crippen MR) is 84.1 cm³/mol. The number of hydrogen-bond donors (Lipinski definition) is 1. The van der Waals surface area contributed by atoms with Gasteiger partial charge in [-0.2, -0.15) is 0 Å². The quantitative estimate of drug-likeness (QED) is 0.908. The van der Waals surface area contributed by atoms with Crippen LogP contribution in [0.25, 0.3) is 0 Å². The van der Waals surface area contributed by atoms with Gasteiger partial charge in [-0.25, -0.2) is 13.2 Å². The van der Waals surface area contributed by atoms with E-state index in [4.69, 9.17) is 0 Å². The Hall–Kier alpha value is -1.56. The molecule has 1 heterocycles. The average Bonchev–Trinajstić information content (AvgIpc) is 2.80. The van der Waals surface area contributed by atoms with Crippen LogP contribution in [0.4, 0.5) is 10.5 Å². The van der Waals surface area contributed by atoms with Gasteiger partial charge >= 0.3 is 6.03 Å². The lowest BCUT2D eigenvalue weighted by Gasteiger charge is -2.28. The summed E-state index contributed by atoms with van der Waals surface area (Å²) in [5.41, 5.74) is 0.727. The molecule has 0 unspecified atom stereocenters. The number of unbranched alkanes of at least 4 members (excludes halogenated alkanes) is 1. The summed E-state index contributed by atoms with van der Waals surface area (Å²) in [4.78, 5) is 14.1. The van der Waals surface area contributed by atoms with Crippen molar-refractivity contribution in [3.8, 4) is 0 Å². The summed E-state index contributed by atoms with van der Waals surface area (Å²) in [6, 6.07) is 8.82. The summed E-state index contributed by atoms with van der Waals surface area (Å²) in [6.07, 6.45) is 2.38. The van der Waals surface area contributed by atoms with Crippen molar-refractivity contribution in [1.29, 1.82) is 0 Å². The normalized spacial score (nSPS) is 20.1. The number of amides is 2. The third kappa shape index (κ3) is 4.46. The highest BCUT2D eigenvalue weighted by atomic mass is 32.2. The fraction of sp³-hybridized carbons (Fsp3) is 0.533. The van der Waals surface area contributed by atoms with Crippen LogP contribution in [0, 0.1) is 0 Å². The number of urea groups is 1. The van der Waals surface area contributed by atoms with Crippen molar-refractivity contribution >= 4 is 21.6 Å². The molecule has 1 atom stereocenters. The zero-order valence-corrected chi connectivity index (χ0v) is 13.1. The van der Waals surface area contributed by atoms with E-state index in [1.807, 2.05) is 30.3 Å². The van der Waals surface area contributed by atoms with E-state index in [9.17, 15) is 13.2 Å². The molecular weight excluding hydrogens is 288 g/mol. The van der Waals surface area contributed by atoms with Crippen molar-refractivity contribution < 1.29 is 13.2 Å². The Morgan fingerprint density at radius 3 is 2.62 bits per heavy atom. The van der Waals surface area contributed by atoms with Crippen LogP contribution < -0.4 is 5.32 Å². The topological polar surface area (TPSA) is 66.5 Å². The van der Waals surface area contributed by atoms with Crippen LogP contribution in [-0.2, 0) is 9.84 Å². The fourth-order valence-electron chi connectivity index (χ4n) is 2.52. The minimum Gasteiger partial charge on any atom is -0.320 e. The first-order chi connectivity index (χ1) is 10.0. The summed E-state index contributed by atoms with van der Waals surface area (Å²) in [5.74, 6) is 0.262. The van der Waals surface area contributed by atoms with Crippen LogP contribution in [-0.4, -0.2) is 43.4 Å². The van der Waals surface area contributed by atoms with Crippen LogP contribution in [0.15, 0.2) is 30.3 Å². The van der Waals surface area contributed by atoms with Gasteiger partial charge in [0.1, 0.15) is 0 Å². The molecule has 1 aliphatic heterocycles. The zero-order chi connectivity index (χ0) is 15.3. The average molecular weight is 310 g/mol. The zero-order valence-electron chi connectivity index (χ0n) is 12.3. The van der Waals surface area contributed by atoms with E-state index in [-0.39, 0.29) is 23.6 Å². The van der Waals surface area contributed by atoms with Crippen LogP contribution >= 0.6 is 0 Å². The number of para-hydroxylation sites is 1. The molecule has 0 spiro atoms. The van der Waals surface area contributed by atoms with E-state index in [2.05, 4.69) is 12.2 Å². The maximum Gasteiger partial charge on any atom is 0.322 e. The fourth-order valence-corrected chi connectivity index (χ4v) is 4.25. The Kier molecular flexibility index (Phi) is 5.22. The van der Waals surface area contributed by atoms with Crippen LogP contribution in [0.1, 0.15) is 26.2 Å². The maximum atomic E-state index is 12.4. The molecule has 2 amide bonds. The summed E-state index contributed by atoms with van der Waals surface area (Å²) >= 11 is 0. The minimum atomic E-state index is -2.99. The molecule has 0 bridgehead atoms. The van der Waals surface area contributed by atoms with Gasteiger partial charge in [-0.05, 0) is 25.0 Å². The Morgan fingerprint density at radius 2 is 2.05 bits per heavy atom. The van der Waals surface area contributed by atoms with Crippen molar-refractivity contribution in [2.75, 3.05) is 23.4 Å². The molecule has 5 nitrogen and oxygen atoms in total. The lowest BCUT2D eigenvalue weighted by Crippen LogP contribution is -2.44. The molecule has 1 aromatic rings. The number of carbonyl (C=O) groups is 1. The van der Waals surface area contributed by atoms with Gasteiger partial charge in [-0.3, -0.25) is 0 Å². The van der Waals surface area contributed by atoms with Gasteiger partial charge in [0, 0.05) is 18.3 Å². The monoisotopic (exact) mass is 310 g/mol. The number of hydrogen-bond acceptors (Lipinski definition) is 3. The van der Waals surface area contributed by atoms with E-state index < -0.39 is 9.84 Å². The number of nitrogens with zero attached hydrogens (tertiary/aromatic N) is 1. The van der Waals surface area contributed by atoms with Gasteiger partial charge < -0.3 is 10.2 Å². The molecule has 1 N–H and O–H groups in total. The van der Waals surface area contributed by atoms with Crippen molar-refractivity contribution in [2.24, 2.45) is 0 Å². The second-order valence-corrected chi connectivity index (χ2v) is 7.63. The molecule has 116 valence electrons. The molecule has 2 rings (SSSR count). The van der Waals surface area contributed by atoms with Gasteiger partial charge in [0.2, 0.25) is 0 Å². The van der Waals surface area contributed by atoms with E-state index in [1.165, 1.54) is 0 Å². The highest BCUT2D eigenvalue weighted by Gasteiger charge is 2.34. The van der Waals surface area contributed by atoms with Gasteiger partial charge in [-0.15, -0.1) is 0 Å². The molecule has 1 saturated heterocycles. The standard InChI is InChI=1S/C15H22N2O3S/c1-2-3-10-17(14-9-11-21(19,20)12-14)15(18)16-13-7-5-4-6-8-13/h4-8,14H,2-3,9-12H2,1H3,(H,16,18)/t14-/m1/s1. The third-order valence-corrected chi connectivity index (χ3v) is 5.44. The Bertz CT molecular complexity index is 572. The summed E-state index contributed by atoms with van der Waals surface area (Å²) in [6.45, 7) is 2.65. The number of nitrogens with one attached hydrogen (secondary N) is 1. The molecule has 1 fully saturated rings. The number of sulfone groups is 1. The Balaban J connectivity index is 2.06. The second kappa shape index (κ2) is 6.93. The number of benzene rings is 1. The lowest BCUT2D eigenvalue weighted by atomic mass is 10.2. The third-order valence-electron chi connectivity index (χ3n) is 3.69. The highest BCUT2D eigenvalue weighted by Crippen LogP contribution is 2.19. The molecule has 1 aromatic carbocycles. The van der Waals surface area contributed by atoms with Crippen molar-refractivity contribution in [2.45, 2.75) is 32.2 Å². The van der Waals surface area contributed by atoms with Crippen molar-refractivity contribution in [3.63, 3.8) is 0 Å². The summed E-state index contributed by atoms with van der Waals surface area (Å²) in [7, 11) is -2.99. The largest absolute Gasteiger partial charge is 0.322 e. The number of carbonyl (C=O) groups excluding carboxylic acids is 1. The summed E-state index contributed by atoms with van der Waals surface area (Å²) in [5, 5.41) is 2.85. The first-order valence-corrected chi connectivity index (χ1v) is 9.17. The van der Waals surface area contributed by atoms with Crippen LogP contribution in [0.5, 0.6) is 0 Å². The smallest absolute Gasteiger partial charge is 0.320 e. The van der Waals surface area contributed by atoms with Crippen molar-refractivity contribution in [3.05, 3.63) is 30.3 Å². The van der Waals surface area contributed by atoms with Crippen LogP contribution in [0.2, 0.25) is 0 Å². The van der Waals surface area contributed by atoms with E-state index >= 15 is 0 Å². The molecule has 1 aliphatic rings. The Labute approximate surface area is 126 Å². The predicted octanol–water partition coefficient (Wildman–Crippen LogP) is 2.51.